The van der Waals surface area contributed by atoms with Crippen molar-refractivity contribution in [3.63, 3.8) is 0 Å². The zero-order valence-corrected chi connectivity index (χ0v) is 16.0. The van der Waals surface area contributed by atoms with E-state index < -0.39 is 5.97 Å². The Morgan fingerprint density at radius 1 is 1.12 bits per heavy atom. The highest BCUT2D eigenvalue weighted by Crippen LogP contribution is 2.29. The van der Waals surface area contributed by atoms with Gasteiger partial charge in [-0.1, -0.05) is 41.1 Å². The van der Waals surface area contributed by atoms with Crippen LogP contribution in [-0.2, 0) is 6.42 Å². The summed E-state index contributed by atoms with van der Waals surface area (Å²) >= 11 is 3.41. The summed E-state index contributed by atoms with van der Waals surface area (Å²) < 4.78 is 2.70. The van der Waals surface area contributed by atoms with Gasteiger partial charge in [0, 0.05) is 10.0 Å². The number of rotatable bonds is 4. The molecule has 2 aromatic carbocycles. The summed E-state index contributed by atoms with van der Waals surface area (Å²) in [5.74, 6) is -0.954. The number of aryl methyl sites for hydroxylation is 2. The van der Waals surface area contributed by atoms with Crippen LogP contribution in [0.1, 0.15) is 34.1 Å². The molecule has 0 radical (unpaired) electrons. The van der Waals surface area contributed by atoms with Gasteiger partial charge < -0.3 is 5.11 Å². The molecule has 0 unspecified atom stereocenters. The molecule has 3 aromatic rings. The Balaban J connectivity index is 2.26. The maximum atomic E-state index is 11.9. The average Bonchev–Trinajstić information content (AvgIpc) is 2.97. The minimum Gasteiger partial charge on any atom is -0.478 e. The summed E-state index contributed by atoms with van der Waals surface area (Å²) in [5, 5.41) is 14.5. The maximum absolute atomic E-state index is 11.9. The average molecular weight is 399 g/mol. The topological polar surface area (TPSA) is 55.1 Å². The summed E-state index contributed by atoms with van der Waals surface area (Å²) in [6.07, 6.45) is 0.581. The van der Waals surface area contributed by atoms with Gasteiger partial charge in [0.2, 0.25) is 0 Å². The molecule has 0 bridgehead atoms. The van der Waals surface area contributed by atoms with Gasteiger partial charge in [-0.2, -0.15) is 5.10 Å². The fraction of sp³-hybridized carbons (Fsp3) is 0.200. The van der Waals surface area contributed by atoms with Crippen molar-refractivity contribution >= 4 is 21.9 Å². The van der Waals surface area contributed by atoms with Crippen molar-refractivity contribution in [2.24, 2.45) is 0 Å². The van der Waals surface area contributed by atoms with Crippen LogP contribution in [0.5, 0.6) is 0 Å². The lowest BCUT2D eigenvalue weighted by Crippen LogP contribution is -2.06. The summed E-state index contributed by atoms with van der Waals surface area (Å²) in [6, 6.07) is 13.6. The molecule has 1 aromatic heterocycles. The minimum absolute atomic E-state index is 0.267. The zero-order valence-electron chi connectivity index (χ0n) is 14.4. The number of carboxylic acids is 1. The Bertz CT molecular complexity index is 943. The monoisotopic (exact) mass is 398 g/mol. The highest BCUT2D eigenvalue weighted by atomic mass is 79.9. The lowest BCUT2D eigenvalue weighted by Gasteiger charge is -2.09. The lowest BCUT2D eigenvalue weighted by atomic mass is 10.0. The molecule has 1 heterocycles. The van der Waals surface area contributed by atoms with Crippen molar-refractivity contribution in [3.8, 4) is 16.9 Å². The largest absolute Gasteiger partial charge is 0.478 e. The van der Waals surface area contributed by atoms with Gasteiger partial charge in [-0.15, -0.1) is 0 Å². The van der Waals surface area contributed by atoms with Crippen molar-refractivity contribution in [1.82, 2.24) is 9.78 Å². The minimum atomic E-state index is -0.954. The Morgan fingerprint density at radius 2 is 1.80 bits per heavy atom. The standard InChI is InChI=1S/C20H19BrN2O2/c1-4-17-18(20(24)25)19(14-6-8-15(21)9-7-14)22-23(17)16-10-5-12(2)13(3)11-16/h5-11H,4H2,1-3H3,(H,24,25). The van der Waals surface area contributed by atoms with Crippen LogP contribution in [-0.4, -0.2) is 20.9 Å². The third-order valence-corrected chi connectivity index (χ3v) is 4.91. The van der Waals surface area contributed by atoms with Crippen LogP contribution in [0.25, 0.3) is 16.9 Å². The number of hydrogen-bond acceptors (Lipinski definition) is 2. The molecular formula is C20H19BrN2O2. The highest BCUT2D eigenvalue weighted by Gasteiger charge is 2.24. The number of carbonyl (C=O) groups is 1. The van der Waals surface area contributed by atoms with E-state index in [4.69, 9.17) is 0 Å². The molecule has 0 amide bonds. The first kappa shape index (κ1) is 17.4. The van der Waals surface area contributed by atoms with Gasteiger partial charge >= 0.3 is 5.97 Å². The third-order valence-electron chi connectivity index (χ3n) is 4.38. The van der Waals surface area contributed by atoms with Gasteiger partial charge in [0.05, 0.1) is 11.4 Å². The van der Waals surface area contributed by atoms with Crippen molar-refractivity contribution in [2.75, 3.05) is 0 Å². The first-order valence-corrected chi connectivity index (χ1v) is 8.90. The maximum Gasteiger partial charge on any atom is 0.339 e. The molecule has 5 heteroatoms. The van der Waals surface area contributed by atoms with Crippen molar-refractivity contribution < 1.29 is 9.90 Å². The Morgan fingerprint density at radius 3 is 2.36 bits per heavy atom. The first-order valence-electron chi connectivity index (χ1n) is 8.11. The van der Waals surface area contributed by atoms with Crippen molar-refractivity contribution in [3.05, 3.63) is 69.3 Å². The van der Waals surface area contributed by atoms with Gasteiger partial charge in [0.25, 0.3) is 0 Å². The Labute approximate surface area is 155 Å². The fourth-order valence-corrected chi connectivity index (χ4v) is 3.15. The van der Waals surface area contributed by atoms with Gasteiger partial charge in [-0.3, -0.25) is 0 Å². The van der Waals surface area contributed by atoms with Crippen molar-refractivity contribution in [1.29, 1.82) is 0 Å². The van der Waals surface area contributed by atoms with E-state index in [0.717, 1.165) is 21.3 Å². The molecule has 0 saturated heterocycles. The van der Waals surface area contributed by atoms with Crippen LogP contribution >= 0.6 is 15.9 Å². The van der Waals surface area contributed by atoms with E-state index in [1.807, 2.05) is 56.3 Å². The number of benzene rings is 2. The van der Waals surface area contributed by atoms with E-state index in [1.165, 1.54) is 5.56 Å². The molecule has 128 valence electrons. The quantitative estimate of drug-likeness (QED) is 0.658. The molecule has 0 atom stereocenters. The molecule has 0 spiro atoms. The second-order valence-electron chi connectivity index (χ2n) is 6.02. The Hall–Kier alpha value is -2.40. The summed E-state index contributed by atoms with van der Waals surface area (Å²) in [6.45, 7) is 6.05. The van der Waals surface area contributed by atoms with Crippen LogP contribution in [0.2, 0.25) is 0 Å². The smallest absolute Gasteiger partial charge is 0.339 e. The van der Waals surface area contributed by atoms with Crippen LogP contribution in [0.4, 0.5) is 0 Å². The molecule has 0 saturated carbocycles. The van der Waals surface area contributed by atoms with Gasteiger partial charge in [-0.25, -0.2) is 9.48 Å². The van der Waals surface area contributed by atoms with E-state index in [9.17, 15) is 9.90 Å². The summed E-state index contributed by atoms with van der Waals surface area (Å²) in [4.78, 5) is 11.9. The normalized spacial score (nSPS) is 10.9. The molecule has 25 heavy (non-hydrogen) atoms. The van der Waals surface area contributed by atoms with Crippen LogP contribution in [0, 0.1) is 13.8 Å². The van der Waals surface area contributed by atoms with E-state index in [1.54, 1.807) is 4.68 Å². The predicted octanol–water partition coefficient (Wildman–Crippen LogP) is 5.18. The first-order chi connectivity index (χ1) is 11.9. The number of aromatic carboxylic acids is 1. The van der Waals surface area contributed by atoms with Gasteiger partial charge in [0.1, 0.15) is 11.3 Å². The second kappa shape index (κ2) is 6.84. The summed E-state index contributed by atoms with van der Waals surface area (Å²) in [7, 11) is 0. The highest BCUT2D eigenvalue weighted by molar-refractivity contribution is 9.10. The molecule has 0 aliphatic rings. The van der Waals surface area contributed by atoms with E-state index in [-0.39, 0.29) is 5.56 Å². The zero-order chi connectivity index (χ0) is 18.1. The van der Waals surface area contributed by atoms with Crippen LogP contribution in [0.15, 0.2) is 46.9 Å². The fourth-order valence-electron chi connectivity index (χ4n) is 2.88. The van der Waals surface area contributed by atoms with E-state index >= 15 is 0 Å². The second-order valence-corrected chi connectivity index (χ2v) is 6.93. The lowest BCUT2D eigenvalue weighted by molar-refractivity contribution is 0.0696. The number of hydrogen-bond donors (Lipinski definition) is 1. The van der Waals surface area contributed by atoms with Crippen molar-refractivity contribution in [2.45, 2.75) is 27.2 Å². The summed E-state index contributed by atoms with van der Waals surface area (Å²) in [5.41, 5.74) is 5.48. The molecule has 0 fully saturated rings. The van der Waals surface area contributed by atoms with Crippen LogP contribution < -0.4 is 0 Å². The van der Waals surface area contributed by atoms with E-state index in [2.05, 4.69) is 28.0 Å². The third kappa shape index (κ3) is 3.24. The van der Waals surface area contributed by atoms with Gasteiger partial charge in [0.15, 0.2) is 0 Å². The van der Waals surface area contributed by atoms with Gasteiger partial charge in [-0.05, 0) is 55.7 Å². The molecule has 0 aliphatic heterocycles. The number of carboxylic acid groups (broad SMARTS) is 1. The molecule has 4 nitrogen and oxygen atoms in total. The molecule has 1 N–H and O–H groups in total. The predicted molar refractivity (Wildman–Crippen MR) is 103 cm³/mol. The number of halogens is 1. The van der Waals surface area contributed by atoms with E-state index in [0.29, 0.717) is 17.8 Å². The molecule has 3 rings (SSSR count). The molecule has 0 aliphatic carbocycles. The molecular weight excluding hydrogens is 380 g/mol. The van der Waals surface area contributed by atoms with Crippen LogP contribution in [0.3, 0.4) is 0 Å². The number of aromatic nitrogens is 2. The Kier molecular flexibility index (Phi) is 4.77. The SMILES string of the molecule is CCc1c(C(=O)O)c(-c2ccc(Br)cc2)nn1-c1ccc(C)c(C)c1. The number of nitrogens with zero attached hydrogens (tertiary/aromatic N) is 2.